The van der Waals surface area contributed by atoms with E-state index in [9.17, 15) is 4.79 Å². The van der Waals surface area contributed by atoms with E-state index in [1.54, 1.807) is 13.1 Å². The molecule has 2 aliphatic rings. The molecule has 28 heavy (non-hydrogen) atoms. The molecule has 0 aliphatic carbocycles. The summed E-state index contributed by atoms with van der Waals surface area (Å²) >= 11 is 6.79. The average molecular weight is 447 g/mol. The zero-order valence-corrected chi connectivity index (χ0v) is 19.6. The third-order valence-corrected chi connectivity index (χ3v) is 9.55. The predicted octanol–water partition coefficient (Wildman–Crippen LogP) is 4.77. The minimum atomic E-state index is -2.65. The zero-order valence-electron chi connectivity index (χ0n) is 17.1. The number of para-hydroxylation sites is 1. The summed E-state index contributed by atoms with van der Waals surface area (Å²) in [5.41, 5.74) is 0.343. The SMILES string of the molecule is CN(SN(C(C)(C)C)P1(=S)OCCO1)C(=O)Oc1cccc2c1OC(C)(C)C2. The van der Waals surface area contributed by atoms with Crippen molar-refractivity contribution in [3.05, 3.63) is 23.8 Å². The molecule has 0 saturated carbocycles. The van der Waals surface area contributed by atoms with Gasteiger partial charge >= 0.3 is 6.09 Å². The lowest BCUT2D eigenvalue weighted by molar-refractivity contribution is 0.131. The maximum atomic E-state index is 12.8. The lowest BCUT2D eigenvalue weighted by Gasteiger charge is -2.39. The molecule has 0 atom stereocenters. The van der Waals surface area contributed by atoms with Crippen LogP contribution in [0.15, 0.2) is 18.2 Å². The number of nitrogens with zero attached hydrogens (tertiary/aromatic N) is 2. The van der Waals surface area contributed by atoms with E-state index < -0.39 is 12.7 Å². The quantitative estimate of drug-likeness (QED) is 0.484. The Balaban J connectivity index is 1.73. The summed E-state index contributed by atoms with van der Waals surface area (Å²) in [5, 5.41) is 0. The molecule has 2 aliphatic heterocycles. The van der Waals surface area contributed by atoms with E-state index in [4.69, 9.17) is 30.3 Å². The van der Waals surface area contributed by atoms with E-state index in [0.717, 1.165) is 24.1 Å². The van der Waals surface area contributed by atoms with Gasteiger partial charge in [0.2, 0.25) is 0 Å². The Morgan fingerprint density at radius 1 is 1.29 bits per heavy atom. The smallest absolute Gasteiger partial charge is 0.426 e. The van der Waals surface area contributed by atoms with Crippen LogP contribution >= 0.6 is 18.8 Å². The normalized spacial score (nSPS) is 20.0. The molecule has 156 valence electrons. The first-order valence-electron chi connectivity index (χ1n) is 9.06. The number of ether oxygens (including phenoxy) is 2. The molecule has 1 fully saturated rings. The number of hydrogen-bond donors (Lipinski definition) is 0. The summed E-state index contributed by atoms with van der Waals surface area (Å²) in [6.45, 7) is 8.28. The van der Waals surface area contributed by atoms with E-state index in [1.165, 1.54) is 4.31 Å². The van der Waals surface area contributed by atoms with Crippen LogP contribution in [0.5, 0.6) is 11.5 Å². The molecule has 3 rings (SSSR count). The van der Waals surface area contributed by atoms with Crippen molar-refractivity contribution in [2.75, 3.05) is 20.3 Å². The van der Waals surface area contributed by atoms with Crippen LogP contribution in [0.3, 0.4) is 0 Å². The topological polar surface area (TPSA) is 60.5 Å². The average Bonchev–Trinajstić information content (AvgIpc) is 3.14. The van der Waals surface area contributed by atoms with Crippen LogP contribution in [0, 0.1) is 0 Å². The van der Waals surface area contributed by atoms with Crippen LogP contribution in [0.2, 0.25) is 0 Å². The van der Waals surface area contributed by atoms with Gasteiger partial charge in [-0.3, -0.25) is 0 Å². The fraction of sp³-hybridized carbons (Fsp3) is 0.611. The van der Waals surface area contributed by atoms with Gasteiger partial charge in [-0.25, -0.2) is 9.10 Å². The van der Waals surface area contributed by atoms with Gasteiger partial charge in [-0.1, -0.05) is 12.1 Å². The van der Waals surface area contributed by atoms with Crippen LogP contribution in [0.1, 0.15) is 40.2 Å². The number of carbonyl (C=O) groups excluding carboxylic acids is 1. The number of benzene rings is 1. The van der Waals surface area contributed by atoms with Gasteiger partial charge in [0.1, 0.15) is 5.60 Å². The molecule has 0 unspecified atom stereocenters. The molecular formula is C18H27N2O5PS2. The second-order valence-electron chi connectivity index (χ2n) is 8.31. The Morgan fingerprint density at radius 2 is 1.93 bits per heavy atom. The molecule has 1 aromatic rings. The van der Waals surface area contributed by atoms with Gasteiger partial charge in [-0.05, 0) is 52.5 Å². The third-order valence-electron chi connectivity index (χ3n) is 4.10. The van der Waals surface area contributed by atoms with Crippen LogP contribution < -0.4 is 9.47 Å². The highest BCUT2D eigenvalue weighted by Gasteiger charge is 2.42. The molecular weight excluding hydrogens is 419 g/mol. The van der Waals surface area contributed by atoms with Crippen molar-refractivity contribution >= 4 is 36.7 Å². The van der Waals surface area contributed by atoms with Gasteiger partial charge in [0.25, 0.3) is 6.64 Å². The van der Waals surface area contributed by atoms with Gasteiger partial charge < -0.3 is 18.5 Å². The van der Waals surface area contributed by atoms with Crippen molar-refractivity contribution in [2.45, 2.75) is 52.2 Å². The minimum Gasteiger partial charge on any atom is -0.483 e. The van der Waals surface area contributed by atoms with Crippen molar-refractivity contribution in [1.82, 2.24) is 8.38 Å². The van der Waals surface area contributed by atoms with Gasteiger partial charge in [0.05, 0.1) is 25.3 Å². The molecule has 2 heterocycles. The van der Waals surface area contributed by atoms with E-state index in [0.29, 0.717) is 24.7 Å². The molecule has 0 bridgehead atoms. The number of rotatable bonds is 4. The lowest BCUT2D eigenvalue weighted by atomic mass is 10.0. The fourth-order valence-electron chi connectivity index (χ4n) is 2.96. The van der Waals surface area contributed by atoms with Crippen LogP contribution in [-0.4, -0.2) is 45.9 Å². The summed E-state index contributed by atoms with van der Waals surface area (Å²) in [6, 6.07) is 5.59. The highest BCUT2D eigenvalue weighted by Crippen LogP contribution is 2.62. The molecule has 10 heteroatoms. The maximum Gasteiger partial charge on any atom is 0.426 e. The highest BCUT2D eigenvalue weighted by molar-refractivity contribution is 8.15. The second-order valence-corrected chi connectivity index (χ2v) is 12.9. The largest absolute Gasteiger partial charge is 0.483 e. The number of fused-ring (bicyclic) bond motifs is 1. The van der Waals surface area contributed by atoms with Crippen LogP contribution in [0.25, 0.3) is 0 Å². The first-order valence-corrected chi connectivity index (χ1v) is 12.4. The summed E-state index contributed by atoms with van der Waals surface area (Å²) in [5.74, 6) is 1.04. The summed E-state index contributed by atoms with van der Waals surface area (Å²) in [4.78, 5) is 12.8. The number of carbonyl (C=O) groups is 1. The summed E-state index contributed by atoms with van der Waals surface area (Å²) < 4.78 is 26.3. The van der Waals surface area contributed by atoms with Crippen molar-refractivity contribution < 1.29 is 23.3 Å². The van der Waals surface area contributed by atoms with E-state index >= 15 is 0 Å². The van der Waals surface area contributed by atoms with Crippen LogP contribution in [-0.2, 0) is 27.3 Å². The second kappa shape index (κ2) is 7.78. The number of hydrogen-bond acceptors (Lipinski definition) is 7. The molecule has 1 saturated heterocycles. The predicted molar refractivity (Wildman–Crippen MR) is 114 cm³/mol. The first kappa shape index (κ1) is 21.9. The Hall–Kier alpha value is -0.830. The molecule has 0 N–H and O–H groups in total. The van der Waals surface area contributed by atoms with Gasteiger partial charge in [-0.2, -0.15) is 4.08 Å². The molecule has 1 amide bonds. The zero-order chi connectivity index (χ0) is 20.7. The van der Waals surface area contributed by atoms with Crippen molar-refractivity contribution in [2.24, 2.45) is 0 Å². The van der Waals surface area contributed by atoms with Crippen molar-refractivity contribution in [3.63, 3.8) is 0 Å². The van der Waals surface area contributed by atoms with E-state index in [-0.39, 0.29) is 11.1 Å². The third kappa shape index (κ3) is 4.66. The first-order chi connectivity index (χ1) is 12.9. The molecule has 0 aromatic heterocycles. The molecule has 7 nitrogen and oxygen atoms in total. The Kier molecular flexibility index (Phi) is 6.07. The Labute approximate surface area is 176 Å². The van der Waals surface area contributed by atoms with Crippen LogP contribution in [0.4, 0.5) is 4.79 Å². The number of amides is 1. The maximum absolute atomic E-state index is 12.8. The Morgan fingerprint density at radius 3 is 2.54 bits per heavy atom. The highest BCUT2D eigenvalue weighted by atomic mass is 32.5. The fourth-order valence-corrected chi connectivity index (χ4v) is 7.59. The van der Waals surface area contributed by atoms with Gasteiger partial charge in [0, 0.05) is 24.6 Å². The standard InChI is InChI=1S/C18H27N2O5PS2/c1-17(2,3)20(26(27)22-10-11-23-26)28-19(6)16(21)24-14-9-7-8-13-12-18(4,5)25-15(13)14/h7-9H,10-12H2,1-6H3. The Bertz CT molecular complexity index is 802. The monoisotopic (exact) mass is 446 g/mol. The summed E-state index contributed by atoms with van der Waals surface area (Å²) in [7, 11) is 1.64. The van der Waals surface area contributed by atoms with E-state index in [2.05, 4.69) is 0 Å². The molecule has 0 spiro atoms. The van der Waals surface area contributed by atoms with Gasteiger partial charge in [0.15, 0.2) is 11.5 Å². The van der Waals surface area contributed by atoms with Gasteiger partial charge in [-0.15, -0.1) is 0 Å². The van der Waals surface area contributed by atoms with Crippen molar-refractivity contribution in [1.29, 1.82) is 0 Å². The lowest BCUT2D eigenvalue weighted by Crippen LogP contribution is -2.38. The summed E-state index contributed by atoms with van der Waals surface area (Å²) in [6.07, 6.45) is 0.245. The molecule has 1 aromatic carbocycles. The van der Waals surface area contributed by atoms with E-state index in [1.807, 2.05) is 50.8 Å². The minimum absolute atomic E-state index is 0.315. The molecule has 0 radical (unpaired) electrons. The van der Waals surface area contributed by atoms with Crippen molar-refractivity contribution in [3.8, 4) is 11.5 Å².